The van der Waals surface area contributed by atoms with Gasteiger partial charge in [-0.1, -0.05) is 61.2 Å². The molecule has 0 bridgehead atoms. The zero-order valence-electron chi connectivity index (χ0n) is 18.1. The van der Waals surface area contributed by atoms with E-state index >= 15 is 0 Å². The molecule has 0 unspecified atom stereocenters. The Morgan fingerprint density at radius 3 is 2.57 bits per heavy atom. The number of thioether (sulfide) groups is 1. The Kier molecular flexibility index (Phi) is 7.65. The van der Waals surface area contributed by atoms with Gasteiger partial charge in [-0.15, -0.1) is 10.2 Å². The first-order chi connectivity index (χ1) is 14.5. The topological polar surface area (TPSA) is 64.2 Å². The van der Waals surface area contributed by atoms with Gasteiger partial charge in [-0.05, 0) is 30.2 Å². The van der Waals surface area contributed by atoms with Crippen LogP contribution in [-0.4, -0.2) is 40.5 Å². The van der Waals surface area contributed by atoms with E-state index in [1.54, 1.807) is 0 Å². The Morgan fingerprint density at radius 2 is 1.90 bits per heavy atom. The molecule has 0 aliphatic heterocycles. The molecule has 1 atom stereocenters. The average molecular weight is 425 g/mol. The van der Waals surface area contributed by atoms with E-state index in [1.165, 1.54) is 22.2 Å². The van der Waals surface area contributed by atoms with E-state index in [2.05, 4.69) is 53.2 Å². The number of carbonyl (C=O) groups is 1. The van der Waals surface area contributed by atoms with Crippen LogP contribution in [0.5, 0.6) is 0 Å². The van der Waals surface area contributed by atoms with Crippen LogP contribution in [0.15, 0.2) is 59.8 Å². The number of quaternary nitrogens is 1. The van der Waals surface area contributed by atoms with Crippen molar-refractivity contribution in [1.29, 1.82) is 0 Å². The van der Waals surface area contributed by atoms with Crippen LogP contribution in [0, 0.1) is 6.92 Å². The minimum atomic E-state index is -0.0494. The SMILES string of the molecule is CC[C@H](c1nnc(SCC(=O)Nc2cccc(C)c2)n1Cc1ccccc1)[NH+](C)C. The maximum absolute atomic E-state index is 12.5. The Hall–Kier alpha value is -2.64. The van der Waals surface area contributed by atoms with Gasteiger partial charge in [0, 0.05) is 12.1 Å². The number of anilines is 1. The molecule has 1 amide bonds. The molecule has 0 saturated heterocycles. The minimum absolute atomic E-state index is 0.0494. The second-order valence-electron chi connectivity index (χ2n) is 7.66. The normalized spacial score (nSPS) is 12.2. The minimum Gasteiger partial charge on any atom is -0.331 e. The van der Waals surface area contributed by atoms with Gasteiger partial charge >= 0.3 is 0 Å². The molecular formula is C23H30N5OS+. The molecule has 0 spiro atoms. The first-order valence-corrected chi connectivity index (χ1v) is 11.2. The first-order valence-electron chi connectivity index (χ1n) is 10.2. The van der Waals surface area contributed by atoms with Gasteiger partial charge in [-0.3, -0.25) is 9.36 Å². The summed E-state index contributed by atoms with van der Waals surface area (Å²) in [7, 11) is 4.27. The quantitative estimate of drug-likeness (QED) is 0.519. The van der Waals surface area contributed by atoms with Crippen molar-refractivity contribution in [2.45, 2.75) is 38.0 Å². The molecule has 0 radical (unpaired) electrons. The number of hydrogen-bond donors (Lipinski definition) is 2. The molecule has 6 nitrogen and oxygen atoms in total. The van der Waals surface area contributed by atoms with Crippen molar-refractivity contribution in [1.82, 2.24) is 14.8 Å². The average Bonchev–Trinajstić information content (AvgIpc) is 3.10. The van der Waals surface area contributed by atoms with Gasteiger partial charge < -0.3 is 10.2 Å². The fourth-order valence-electron chi connectivity index (χ4n) is 3.48. The van der Waals surface area contributed by atoms with Gasteiger partial charge in [-0.25, -0.2) is 0 Å². The van der Waals surface area contributed by atoms with E-state index in [1.807, 2.05) is 49.4 Å². The van der Waals surface area contributed by atoms with E-state index in [9.17, 15) is 4.79 Å². The maximum Gasteiger partial charge on any atom is 0.234 e. The molecule has 0 aliphatic rings. The molecule has 0 fully saturated rings. The van der Waals surface area contributed by atoms with E-state index in [0.717, 1.165) is 28.7 Å². The second-order valence-corrected chi connectivity index (χ2v) is 8.60. The number of carbonyl (C=O) groups excluding carboxylic acids is 1. The van der Waals surface area contributed by atoms with Crippen molar-refractivity contribution in [2.75, 3.05) is 25.2 Å². The van der Waals surface area contributed by atoms with Gasteiger partial charge in [0.05, 0.1) is 26.4 Å². The Bertz CT molecular complexity index is 971. The largest absolute Gasteiger partial charge is 0.331 e. The van der Waals surface area contributed by atoms with Crippen LogP contribution in [0.4, 0.5) is 5.69 Å². The molecule has 158 valence electrons. The van der Waals surface area contributed by atoms with Crippen LogP contribution in [0.1, 0.15) is 36.3 Å². The Balaban J connectivity index is 1.77. The number of aryl methyl sites for hydroxylation is 1. The summed E-state index contributed by atoms with van der Waals surface area (Å²) in [6.45, 7) is 4.87. The molecule has 3 rings (SSSR count). The lowest BCUT2D eigenvalue weighted by atomic mass is 10.2. The summed E-state index contributed by atoms with van der Waals surface area (Å²) >= 11 is 1.43. The number of hydrogen-bond acceptors (Lipinski definition) is 4. The zero-order valence-corrected chi connectivity index (χ0v) is 18.9. The van der Waals surface area contributed by atoms with Crippen molar-refractivity contribution in [2.24, 2.45) is 0 Å². The van der Waals surface area contributed by atoms with Crippen LogP contribution in [-0.2, 0) is 11.3 Å². The monoisotopic (exact) mass is 424 g/mol. The van der Waals surface area contributed by atoms with E-state index in [-0.39, 0.29) is 17.7 Å². The van der Waals surface area contributed by atoms with Crippen LogP contribution in [0.3, 0.4) is 0 Å². The first kappa shape index (κ1) is 22.1. The predicted molar refractivity (Wildman–Crippen MR) is 122 cm³/mol. The molecule has 7 heteroatoms. The lowest BCUT2D eigenvalue weighted by molar-refractivity contribution is -0.893. The zero-order chi connectivity index (χ0) is 21.5. The lowest BCUT2D eigenvalue weighted by Gasteiger charge is -2.20. The van der Waals surface area contributed by atoms with Gasteiger partial charge in [0.2, 0.25) is 5.91 Å². The summed E-state index contributed by atoms with van der Waals surface area (Å²) < 4.78 is 2.15. The van der Waals surface area contributed by atoms with Crippen LogP contribution < -0.4 is 10.2 Å². The molecule has 30 heavy (non-hydrogen) atoms. The van der Waals surface area contributed by atoms with Crippen molar-refractivity contribution < 1.29 is 9.69 Å². The predicted octanol–water partition coefficient (Wildman–Crippen LogP) is 2.96. The second kappa shape index (κ2) is 10.4. The van der Waals surface area contributed by atoms with Gasteiger partial charge in [0.1, 0.15) is 6.04 Å². The highest BCUT2D eigenvalue weighted by atomic mass is 32.2. The number of benzene rings is 2. The van der Waals surface area contributed by atoms with Crippen molar-refractivity contribution in [3.05, 3.63) is 71.5 Å². The van der Waals surface area contributed by atoms with Gasteiger partial charge in [0.25, 0.3) is 0 Å². The molecule has 2 aromatic carbocycles. The summed E-state index contributed by atoms with van der Waals surface area (Å²) in [5.41, 5.74) is 3.12. The van der Waals surface area contributed by atoms with Gasteiger partial charge in [-0.2, -0.15) is 0 Å². The van der Waals surface area contributed by atoms with Crippen molar-refractivity contribution in [3.8, 4) is 0 Å². The number of amides is 1. The molecule has 0 aliphatic carbocycles. The van der Waals surface area contributed by atoms with E-state index in [4.69, 9.17) is 0 Å². The lowest BCUT2D eigenvalue weighted by Crippen LogP contribution is -3.06. The fraction of sp³-hybridized carbons (Fsp3) is 0.348. The number of nitrogens with one attached hydrogen (secondary N) is 2. The summed E-state index contributed by atoms with van der Waals surface area (Å²) in [4.78, 5) is 13.8. The van der Waals surface area contributed by atoms with Crippen molar-refractivity contribution in [3.63, 3.8) is 0 Å². The summed E-state index contributed by atoms with van der Waals surface area (Å²) in [5, 5.41) is 12.7. The smallest absolute Gasteiger partial charge is 0.234 e. The molecule has 0 saturated carbocycles. The molecule has 2 N–H and O–H groups in total. The Morgan fingerprint density at radius 1 is 1.13 bits per heavy atom. The standard InChI is InChI=1S/C23H29N5OS/c1-5-20(27(3)4)22-25-26-23(28(22)15-18-11-7-6-8-12-18)30-16-21(29)24-19-13-9-10-17(2)14-19/h6-14,20H,5,15-16H2,1-4H3,(H,24,29)/p+1/t20-/m1/s1. The molecule has 3 aromatic rings. The number of nitrogens with zero attached hydrogens (tertiary/aromatic N) is 3. The Labute approximate surface area is 182 Å². The van der Waals surface area contributed by atoms with Crippen LogP contribution >= 0.6 is 11.8 Å². The van der Waals surface area contributed by atoms with Crippen LogP contribution in [0.25, 0.3) is 0 Å². The summed E-state index contributed by atoms with van der Waals surface area (Å²) in [6, 6.07) is 18.4. The van der Waals surface area contributed by atoms with Crippen molar-refractivity contribution >= 4 is 23.4 Å². The van der Waals surface area contributed by atoms with Gasteiger partial charge in [0.15, 0.2) is 11.0 Å². The van der Waals surface area contributed by atoms with E-state index < -0.39 is 0 Å². The third-order valence-corrected chi connectivity index (χ3v) is 5.95. The van der Waals surface area contributed by atoms with E-state index in [0.29, 0.717) is 6.54 Å². The summed E-state index contributed by atoms with van der Waals surface area (Å²) in [6.07, 6.45) is 0.966. The number of aromatic nitrogens is 3. The highest BCUT2D eigenvalue weighted by Crippen LogP contribution is 2.23. The third kappa shape index (κ3) is 5.70. The summed E-state index contributed by atoms with van der Waals surface area (Å²) in [5.74, 6) is 1.20. The number of rotatable bonds is 9. The molecule has 1 aromatic heterocycles. The third-order valence-electron chi connectivity index (χ3n) is 4.98. The van der Waals surface area contributed by atoms with Crippen LogP contribution in [0.2, 0.25) is 0 Å². The highest BCUT2D eigenvalue weighted by molar-refractivity contribution is 7.99. The molecular weight excluding hydrogens is 394 g/mol. The molecule has 1 heterocycles. The highest BCUT2D eigenvalue weighted by Gasteiger charge is 2.25. The fourth-order valence-corrected chi connectivity index (χ4v) is 4.22. The maximum atomic E-state index is 12.5.